The number of carbonyl (C=O) groups is 2. The molecule has 2 rings (SSSR count). The summed E-state index contributed by atoms with van der Waals surface area (Å²) in [5.74, 6) is -0.209. The van der Waals surface area contributed by atoms with E-state index in [2.05, 4.69) is 5.32 Å². The average Bonchev–Trinajstić information content (AvgIpc) is 2.52. The Morgan fingerprint density at radius 3 is 2.17 bits per heavy atom. The van der Waals surface area contributed by atoms with Crippen molar-refractivity contribution in [1.82, 2.24) is 0 Å². The van der Waals surface area contributed by atoms with Crippen molar-refractivity contribution < 1.29 is 19.1 Å². The Labute approximate surface area is 135 Å². The number of carbonyl (C=O) groups excluding carboxylic acids is 2. The largest absolute Gasteiger partial charge is 0.497 e. The van der Waals surface area contributed by atoms with Crippen molar-refractivity contribution in [2.75, 3.05) is 19.0 Å². The fraction of sp³-hybridized carbons (Fsp3) is 0.222. The molecular formula is C18H19NO4. The molecule has 5 nitrogen and oxygen atoms in total. The Morgan fingerprint density at radius 2 is 1.61 bits per heavy atom. The summed E-state index contributed by atoms with van der Waals surface area (Å²) in [6, 6.07) is 12.3. The number of anilines is 1. The zero-order valence-corrected chi connectivity index (χ0v) is 13.4. The molecule has 2 aromatic carbocycles. The average molecular weight is 313 g/mol. The first kappa shape index (κ1) is 16.5. The maximum atomic E-state index is 12.0. The third-order valence-corrected chi connectivity index (χ3v) is 3.17. The minimum absolute atomic E-state index is 0.335. The standard InChI is InChI=1S/C18H19NO4/c1-12-8-13(2)10-14(9-12)18(21)23-11-17(20)19-15-4-6-16(22-3)7-5-15/h4-10H,11H2,1-3H3,(H,19,20). The molecule has 0 atom stereocenters. The molecule has 120 valence electrons. The van der Waals surface area contributed by atoms with Crippen LogP contribution in [0.4, 0.5) is 5.69 Å². The van der Waals surface area contributed by atoms with Crippen molar-refractivity contribution in [2.24, 2.45) is 0 Å². The summed E-state index contributed by atoms with van der Waals surface area (Å²) in [5.41, 5.74) is 3.00. The summed E-state index contributed by atoms with van der Waals surface area (Å²) in [4.78, 5) is 23.8. The molecule has 0 fully saturated rings. The second-order valence-corrected chi connectivity index (χ2v) is 5.23. The normalized spacial score (nSPS) is 10.0. The highest BCUT2D eigenvalue weighted by Gasteiger charge is 2.11. The zero-order chi connectivity index (χ0) is 16.8. The second-order valence-electron chi connectivity index (χ2n) is 5.23. The maximum Gasteiger partial charge on any atom is 0.338 e. The fourth-order valence-electron chi connectivity index (χ4n) is 2.18. The lowest BCUT2D eigenvalue weighted by molar-refractivity contribution is -0.119. The van der Waals surface area contributed by atoms with E-state index in [1.165, 1.54) is 0 Å². The Balaban J connectivity index is 1.89. The van der Waals surface area contributed by atoms with Crippen LogP contribution in [0.1, 0.15) is 21.5 Å². The summed E-state index contributed by atoms with van der Waals surface area (Å²) in [6.07, 6.45) is 0. The molecule has 0 aliphatic heterocycles. The van der Waals surface area contributed by atoms with E-state index in [4.69, 9.17) is 9.47 Å². The van der Waals surface area contributed by atoms with E-state index in [-0.39, 0.29) is 6.61 Å². The van der Waals surface area contributed by atoms with Gasteiger partial charge in [-0.3, -0.25) is 4.79 Å². The van der Waals surface area contributed by atoms with E-state index in [1.807, 2.05) is 19.9 Å². The minimum Gasteiger partial charge on any atom is -0.497 e. The second kappa shape index (κ2) is 7.45. The maximum absolute atomic E-state index is 12.0. The summed E-state index contributed by atoms with van der Waals surface area (Å²) in [6.45, 7) is 3.47. The first-order chi connectivity index (χ1) is 11.0. The monoisotopic (exact) mass is 313 g/mol. The molecule has 0 aliphatic rings. The summed E-state index contributed by atoms with van der Waals surface area (Å²) in [5, 5.41) is 2.65. The number of nitrogens with one attached hydrogen (secondary N) is 1. The third kappa shape index (κ3) is 4.85. The van der Waals surface area contributed by atoms with E-state index in [0.717, 1.165) is 11.1 Å². The highest BCUT2D eigenvalue weighted by Crippen LogP contribution is 2.15. The lowest BCUT2D eigenvalue weighted by atomic mass is 10.1. The van der Waals surface area contributed by atoms with Gasteiger partial charge in [0.25, 0.3) is 5.91 Å². The number of ether oxygens (including phenoxy) is 2. The number of aryl methyl sites for hydroxylation is 2. The molecule has 23 heavy (non-hydrogen) atoms. The van der Waals surface area contributed by atoms with Crippen molar-refractivity contribution >= 4 is 17.6 Å². The lowest BCUT2D eigenvalue weighted by Gasteiger charge is -2.08. The summed E-state index contributed by atoms with van der Waals surface area (Å²) >= 11 is 0. The zero-order valence-electron chi connectivity index (χ0n) is 13.4. The molecule has 5 heteroatoms. The number of methoxy groups -OCH3 is 1. The van der Waals surface area contributed by atoms with Gasteiger partial charge < -0.3 is 14.8 Å². The van der Waals surface area contributed by atoms with Crippen molar-refractivity contribution in [3.05, 3.63) is 59.2 Å². The molecule has 1 N–H and O–H groups in total. The minimum atomic E-state index is -0.512. The van der Waals surface area contributed by atoms with Crippen LogP contribution in [0.2, 0.25) is 0 Å². The van der Waals surface area contributed by atoms with Crippen LogP contribution >= 0.6 is 0 Å². The number of benzene rings is 2. The molecule has 1 amide bonds. The van der Waals surface area contributed by atoms with Gasteiger partial charge in [-0.1, -0.05) is 17.2 Å². The molecule has 0 bridgehead atoms. The lowest BCUT2D eigenvalue weighted by Crippen LogP contribution is -2.21. The van der Waals surface area contributed by atoms with Crippen LogP contribution in [0.5, 0.6) is 5.75 Å². The Bertz CT molecular complexity index is 687. The van der Waals surface area contributed by atoms with Gasteiger partial charge in [-0.15, -0.1) is 0 Å². The van der Waals surface area contributed by atoms with Gasteiger partial charge in [-0.05, 0) is 50.2 Å². The first-order valence-electron chi connectivity index (χ1n) is 7.17. The van der Waals surface area contributed by atoms with Gasteiger partial charge >= 0.3 is 5.97 Å². The van der Waals surface area contributed by atoms with Crippen molar-refractivity contribution in [3.8, 4) is 5.75 Å². The van der Waals surface area contributed by atoms with Gasteiger partial charge in [0, 0.05) is 5.69 Å². The number of esters is 1. The summed E-state index contributed by atoms with van der Waals surface area (Å²) < 4.78 is 10.1. The molecule has 2 aromatic rings. The summed E-state index contributed by atoms with van der Waals surface area (Å²) in [7, 11) is 1.57. The van der Waals surface area contributed by atoms with Crippen molar-refractivity contribution in [2.45, 2.75) is 13.8 Å². The highest BCUT2D eigenvalue weighted by molar-refractivity contribution is 5.95. The SMILES string of the molecule is COc1ccc(NC(=O)COC(=O)c2cc(C)cc(C)c2)cc1. The van der Waals surface area contributed by atoms with Crippen LogP contribution < -0.4 is 10.1 Å². The van der Waals surface area contributed by atoms with Gasteiger partial charge in [-0.25, -0.2) is 4.79 Å². The van der Waals surface area contributed by atoms with E-state index in [9.17, 15) is 9.59 Å². The molecule has 0 saturated heterocycles. The molecule has 0 spiro atoms. The topological polar surface area (TPSA) is 64.6 Å². The molecular weight excluding hydrogens is 294 g/mol. The molecule has 0 saturated carbocycles. The third-order valence-electron chi connectivity index (χ3n) is 3.17. The molecule has 0 unspecified atom stereocenters. The Kier molecular flexibility index (Phi) is 5.36. The first-order valence-corrected chi connectivity index (χ1v) is 7.17. The fourth-order valence-corrected chi connectivity index (χ4v) is 2.18. The van der Waals surface area contributed by atoms with Crippen LogP contribution in [0.25, 0.3) is 0 Å². The van der Waals surface area contributed by atoms with Gasteiger partial charge in [0.2, 0.25) is 0 Å². The van der Waals surface area contributed by atoms with Crippen molar-refractivity contribution in [1.29, 1.82) is 0 Å². The Hall–Kier alpha value is -2.82. The van der Waals surface area contributed by atoms with Crippen LogP contribution in [-0.2, 0) is 9.53 Å². The van der Waals surface area contributed by atoms with E-state index < -0.39 is 11.9 Å². The van der Waals surface area contributed by atoms with Crippen LogP contribution in [0.15, 0.2) is 42.5 Å². The van der Waals surface area contributed by atoms with Crippen LogP contribution in [0, 0.1) is 13.8 Å². The van der Waals surface area contributed by atoms with E-state index in [0.29, 0.717) is 17.0 Å². The quantitative estimate of drug-likeness (QED) is 0.861. The highest BCUT2D eigenvalue weighted by atomic mass is 16.5. The number of hydrogen-bond acceptors (Lipinski definition) is 4. The van der Waals surface area contributed by atoms with E-state index >= 15 is 0 Å². The van der Waals surface area contributed by atoms with Crippen molar-refractivity contribution in [3.63, 3.8) is 0 Å². The Morgan fingerprint density at radius 1 is 1.00 bits per heavy atom. The van der Waals surface area contributed by atoms with Crippen LogP contribution in [0.3, 0.4) is 0 Å². The predicted molar refractivity (Wildman–Crippen MR) is 87.8 cm³/mol. The van der Waals surface area contributed by atoms with E-state index in [1.54, 1.807) is 43.5 Å². The van der Waals surface area contributed by atoms with Gasteiger partial charge in [0.05, 0.1) is 12.7 Å². The van der Waals surface area contributed by atoms with Gasteiger partial charge in [0.1, 0.15) is 5.75 Å². The number of amides is 1. The van der Waals surface area contributed by atoms with Crippen LogP contribution in [-0.4, -0.2) is 25.6 Å². The predicted octanol–water partition coefficient (Wildman–Crippen LogP) is 3.11. The number of rotatable bonds is 5. The smallest absolute Gasteiger partial charge is 0.338 e. The van der Waals surface area contributed by atoms with Gasteiger partial charge in [0.15, 0.2) is 6.61 Å². The molecule has 0 aliphatic carbocycles. The number of hydrogen-bond donors (Lipinski definition) is 1. The van der Waals surface area contributed by atoms with Gasteiger partial charge in [-0.2, -0.15) is 0 Å². The molecule has 0 radical (unpaired) electrons. The molecule has 0 heterocycles. The molecule has 0 aromatic heterocycles.